The number of benzene rings is 1. The highest BCUT2D eigenvalue weighted by atomic mass is 31.0. The molecule has 12 heavy (non-hydrogen) atoms. The van der Waals surface area contributed by atoms with E-state index in [1.54, 1.807) is 0 Å². The lowest BCUT2D eigenvalue weighted by molar-refractivity contribution is 0.0291. The van der Waals surface area contributed by atoms with Crippen LogP contribution in [0.3, 0.4) is 0 Å². The SMILES string of the molecule is Cc1ccc2c(c1)OC(C)(P)O2. The van der Waals surface area contributed by atoms with E-state index in [4.69, 9.17) is 9.47 Å². The largest absolute Gasteiger partial charge is 0.446 e. The Labute approximate surface area is 74.1 Å². The first kappa shape index (κ1) is 7.88. The van der Waals surface area contributed by atoms with Crippen molar-refractivity contribution in [2.24, 2.45) is 0 Å². The van der Waals surface area contributed by atoms with E-state index in [0.717, 1.165) is 11.5 Å². The lowest BCUT2D eigenvalue weighted by Crippen LogP contribution is -2.25. The van der Waals surface area contributed by atoms with Crippen molar-refractivity contribution in [1.29, 1.82) is 0 Å². The van der Waals surface area contributed by atoms with Gasteiger partial charge in [-0.1, -0.05) is 6.07 Å². The Morgan fingerprint density at radius 3 is 2.67 bits per heavy atom. The van der Waals surface area contributed by atoms with E-state index in [1.165, 1.54) is 5.56 Å². The molecule has 1 aliphatic heterocycles. The minimum Gasteiger partial charge on any atom is -0.446 e. The van der Waals surface area contributed by atoms with E-state index in [1.807, 2.05) is 32.0 Å². The Hall–Kier alpha value is -0.750. The van der Waals surface area contributed by atoms with Crippen molar-refractivity contribution < 1.29 is 9.47 Å². The summed E-state index contributed by atoms with van der Waals surface area (Å²) < 4.78 is 11.0. The van der Waals surface area contributed by atoms with Gasteiger partial charge in [0.2, 0.25) is 0 Å². The molecule has 1 aromatic rings. The molecule has 2 nitrogen and oxygen atoms in total. The van der Waals surface area contributed by atoms with Crippen LogP contribution in [0.15, 0.2) is 18.2 Å². The molecule has 0 aliphatic carbocycles. The smallest absolute Gasteiger partial charge is 0.260 e. The van der Waals surface area contributed by atoms with Gasteiger partial charge < -0.3 is 9.47 Å². The summed E-state index contributed by atoms with van der Waals surface area (Å²) in [5.74, 6) is 1.64. The zero-order valence-corrected chi connectivity index (χ0v) is 8.28. The maximum absolute atomic E-state index is 5.52. The van der Waals surface area contributed by atoms with Crippen molar-refractivity contribution in [2.75, 3.05) is 0 Å². The average Bonchev–Trinajstić information content (AvgIpc) is 2.21. The summed E-state index contributed by atoms with van der Waals surface area (Å²) in [5, 5.41) is 0. The zero-order chi connectivity index (χ0) is 8.77. The van der Waals surface area contributed by atoms with E-state index >= 15 is 0 Å². The van der Waals surface area contributed by atoms with Gasteiger partial charge >= 0.3 is 0 Å². The van der Waals surface area contributed by atoms with Crippen LogP contribution in [0.25, 0.3) is 0 Å². The maximum atomic E-state index is 5.52. The van der Waals surface area contributed by atoms with E-state index in [-0.39, 0.29) is 0 Å². The van der Waals surface area contributed by atoms with Crippen LogP contribution < -0.4 is 9.47 Å². The quantitative estimate of drug-likeness (QED) is 0.573. The molecule has 0 bridgehead atoms. The Kier molecular flexibility index (Phi) is 1.55. The summed E-state index contributed by atoms with van der Waals surface area (Å²) in [6, 6.07) is 5.92. The topological polar surface area (TPSA) is 18.5 Å². The van der Waals surface area contributed by atoms with E-state index in [9.17, 15) is 0 Å². The predicted octanol–water partition coefficient (Wildman–Crippen LogP) is 2.32. The number of ether oxygens (including phenoxy) is 2. The Morgan fingerprint density at radius 1 is 1.25 bits per heavy atom. The molecule has 0 saturated heterocycles. The second kappa shape index (κ2) is 2.37. The molecule has 1 heterocycles. The fraction of sp³-hybridized carbons (Fsp3) is 0.333. The van der Waals surface area contributed by atoms with Crippen molar-refractivity contribution in [3.8, 4) is 11.5 Å². The highest BCUT2D eigenvalue weighted by Gasteiger charge is 2.31. The van der Waals surface area contributed by atoms with Crippen LogP contribution in [0.1, 0.15) is 12.5 Å². The molecule has 2 rings (SSSR count). The standard InChI is InChI=1S/C9H11O2P/c1-6-3-4-7-8(5-6)11-9(2,12)10-7/h3-5H,12H2,1-2H3. The fourth-order valence-corrected chi connectivity index (χ4v) is 1.49. The van der Waals surface area contributed by atoms with E-state index in [0.29, 0.717) is 0 Å². The Morgan fingerprint density at radius 2 is 1.92 bits per heavy atom. The molecule has 3 heteroatoms. The summed E-state index contributed by atoms with van der Waals surface area (Å²) in [4.78, 5) is 0. The molecule has 1 aliphatic rings. The van der Waals surface area contributed by atoms with Crippen molar-refractivity contribution >= 4 is 9.24 Å². The van der Waals surface area contributed by atoms with Crippen LogP contribution in [0, 0.1) is 6.92 Å². The molecular weight excluding hydrogens is 171 g/mol. The van der Waals surface area contributed by atoms with E-state index < -0.39 is 5.53 Å². The van der Waals surface area contributed by atoms with Gasteiger partial charge in [0, 0.05) is 6.92 Å². The summed E-state index contributed by atoms with van der Waals surface area (Å²) in [5.41, 5.74) is 0.593. The van der Waals surface area contributed by atoms with Crippen molar-refractivity contribution in [3.05, 3.63) is 23.8 Å². The molecule has 0 saturated carbocycles. The van der Waals surface area contributed by atoms with Crippen LogP contribution in [0.5, 0.6) is 11.5 Å². The van der Waals surface area contributed by atoms with Gasteiger partial charge in [0.05, 0.1) is 0 Å². The van der Waals surface area contributed by atoms with Gasteiger partial charge in [-0.25, -0.2) is 0 Å². The first-order valence-electron chi connectivity index (χ1n) is 3.84. The highest BCUT2D eigenvalue weighted by molar-refractivity contribution is 7.18. The van der Waals surface area contributed by atoms with Gasteiger partial charge in [-0.05, 0) is 33.9 Å². The maximum Gasteiger partial charge on any atom is 0.260 e. The van der Waals surface area contributed by atoms with Gasteiger partial charge in [0.15, 0.2) is 11.5 Å². The minimum absolute atomic E-state index is 0.587. The summed E-state index contributed by atoms with van der Waals surface area (Å²) >= 11 is 0. The van der Waals surface area contributed by atoms with Crippen molar-refractivity contribution in [3.63, 3.8) is 0 Å². The molecule has 2 unspecified atom stereocenters. The lowest BCUT2D eigenvalue weighted by atomic mass is 10.2. The average molecular weight is 182 g/mol. The normalized spacial score (nSPS) is 25.9. The Bertz CT molecular complexity index is 320. The summed E-state index contributed by atoms with van der Waals surface area (Å²) in [6.07, 6.45) is 0. The van der Waals surface area contributed by atoms with Crippen LogP contribution >= 0.6 is 9.24 Å². The lowest BCUT2D eigenvalue weighted by Gasteiger charge is -2.15. The number of aryl methyl sites for hydroxylation is 1. The third kappa shape index (κ3) is 1.27. The van der Waals surface area contributed by atoms with Gasteiger partial charge in [-0.2, -0.15) is 0 Å². The predicted molar refractivity (Wildman–Crippen MR) is 50.6 cm³/mol. The first-order chi connectivity index (χ1) is 5.57. The second-order valence-electron chi connectivity index (χ2n) is 3.17. The third-order valence-corrected chi connectivity index (χ3v) is 1.96. The third-order valence-electron chi connectivity index (χ3n) is 1.72. The molecule has 0 fully saturated rings. The van der Waals surface area contributed by atoms with Crippen molar-refractivity contribution in [1.82, 2.24) is 0 Å². The molecule has 0 amide bonds. The fourth-order valence-electron chi connectivity index (χ4n) is 1.24. The first-order valence-corrected chi connectivity index (χ1v) is 4.42. The molecule has 0 aromatic heterocycles. The van der Waals surface area contributed by atoms with Gasteiger partial charge in [0.25, 0.3) is 5.53 Å². The molecule has 1 aromatic carbocycles. The van der Waals surface area contributed by atoms with Crippen molar-refractivity contribution in [2.45, 2.75) is 19.4 Å². The molecule has 0 radical (unpaired) electrons. The number of rotatable bonds is 0. The van der Waals surface area contributed by atoms with Gasteiger partial charge in [-0.15, -0.1) is 0 Å². The molecular formula is C9H11O2P. The Balaban J connectivity index is 2.43. The minimum atomic E-state index is -0.587. The molecule has 2 atom stereocenters. The van der Waals surface area contributed by atoms with E-state index in [2.05, 4.69) is 9.24 Å². The van der Waals surface area contributed by atoms with Gasteiger partial charge in [0.1, 0.15) is 0 Å². The molecule has 0 spiro atoms. The monoisotopic (exact) mass is 182 g/mol. The molecule has 64 valence electrons. The van der Waals surface area contributed by atoms with Crippen LogP contribution in [-0.4, -0.2) is 5.53 Å². The highest BCUT2D eigenvalue weighted by Crippen LogP contribution is 2.42. The van der Waals surface area contributed by atoms with Crippen LogP contribution in [0.4, 0.5) is 0 Å². The van der Waals surface area contributed by atoms with Gasteiger partial charge in [-0.3, -0.25) is 0 Å². The number of hydrogen-bond donors (Lipinski definition) is 0. The molecule has 0 N–H and O–H groups in total. The second-order valence-corrected chi connectivity index (χ2v) is 4.22. The number of hydrogen-bond acceptors (Lipinski definition) is 2. The van der Waals surface area contributed by atoms with Crippen LogP contribution in [-0.2, 0) is 0 Å². The number of fused-ring (bicyclic) bond motifs is 1. The zero-order valence-electron chi connectivity index (χ0n) is 7.13. The van der Waals surface area contributed by atoms with Crippen LogP contribution in [0.2, 0.25) is 0 Å². The summed E-state index contributed by atoms with van der Waals surface area (Å²) in [6.45, 7) is 3.90. The summed E-state index contributed by atoms with van der Waals surface area (Å²) in [7, 11) is 2.53.